The molecule has 0 fully saturated rings. The van der Waals surface area contributed by atoms with Gasteiger partial charge in [0.1, 0.15) is 11.2 Å². The Kier molecular flexibility index (Phi) is 9.58. The van der Waals surface area contributed by atoms with Gasteiger partial charge in [-0.1, -0.05) is 126 Å². The quantitative estimate of drug-likeness (QED) is 0.166. The fourth-order valence-electron chi connectivity index (χ4n) is 11.8. The zero-order chi connectivity index (χ0) is 49.5. The average molecular weight is 935 g/mol. The van der Waals surface area contributed by atoms with Gasteiger partial charge in [0.15, 0.2) is 11.2 Å². The Hall–Kier alpha value is -8.08. The van der Waals surface area contributed by atoms with Crippen LogP contribution in [0.3, 0.4) is 0 Å². The van der Waals surface area contributed by atoms with Crippen LogP contribution in [0.5, 0.6) is 0 Å². The molecule has 0 saturated heterocycles. The Bertz CT molecular complexity index is 3930. The molecular weight excluding hydrogens is 877 g/mol. The van der Waals surface area contributed by atoms with E-state index >= 15 is 0 Å². The molecule has 0 bridgehead atoms. The lowest BCUT2D eigenvalue weighted by Gasteiger charge is -2.29. The van der Waals surface area contributed by atoms with Crippen molar-refractivity contribution in [3.63, 3.8) is 0 Å². The van der Waals surface area contributed by atoms with Crippen LogP contribution in [-0.2, 0) is 10.8 Å². The van der Waals surface area contributed by atoms with Crippen molar-refractivity contribution < 1.29 is 8.83 Å². The molecule has 0 spiro atoms. The highest BCUT2D eigenvalue weighted by Gasteiger charge is 2.29. The van der Waals surface area contributed by atoms with E-state index in [0.29, 0.717) is 0 Å². The summed E-state index contributed by atoms with van der Waals surface area (Å²) >= 11 is 0. The van der Waals surface area contributed by atoms with Crippen LogP contribution in [0.4, 0.5) is 34.1 Å². The molecule has 0 N–H and O–H groups in total. The van der Waals surface area contributed by atoms with Crippen molar-refractivity contribution in [2.75, 3.05) is 9.80 Å². The zero-order valence-corrected chi connectivity index (χ0v) is 42.9. The predicted molar refractivity (Wildman–Crippen MR) is 306 cm³/mol. The number of anilines is 6. The maximum Gasteiger partial charge on any atom is 0.159 e. The summed E-state index contributed by atoms with van der Waals surface area (Å²) in [4.78, 5) is 4.78. The van der Waals surface area contributed by atoms with Crippen molar-refractivity contribution in [2.45, 2.75) is 80.1 Å². The van der Waals surface area contributed by atoms with Gasteiger partial charge in [-0.15, -0.1) is 0 Å². The van der Waals surface area contributed by atoms with E-state index < -0.39 is 0 Å². The van der Waals surface area contributed by atoms with Gasteiger partial charge < -0.3 is 18.6 Å². The number of aryl methyl sites for hydroxylation is 4. The van der Waals surface area contributed by atoms with Crippen LogP contribution in [0.15, 0.2) is 179 Å². The molecule has 1 aliphatic carbocycles. The monoisotopic (exact) mass is 934 g/mol. The highest BCUT2D eigenvalue weighted by molar-refractivity contribution is 6.15. The van der Waals surface area contributed by atoms with E-state index in [0.717, 1.165) is 78.0 Å². The number of nitrogens with zero attached hydrogens (tertiary/aromatic N) is 2. The minimum atomic E-state index is -0.0721. The second-order valence-electron chi connectivity index (χ2n) is 22.6. The first-order chi connectivity index (χ1) is 34.6. The highest BCUT2D eigenvalue weighted by atomic mass is 16.3. The van der Waals surface area contributed by atoms with E-state index in [1.165, 1.54) is 77.2 Å². The van der Waals surface area contributed by atoms with E-state index in [9.17, 15) is 0 Å². The molecule has 13 rings (SSSR count). The summed E-state index contributed by atoms with van der Waals surface area (Å²) in [6.45, 7) is 22.3. The summed E-state index contributed by atoms with van der Waals surface area (Å²) in [5.74, 6) is 0. The smallest absolute Gasteiger partial charge is 0.159 e. The molecule has 72 heavy (non-hydrogen) atoms. The van der Waals surface area contributed by atoms with Crippen molar-refractivity contribution in [3.8, 4) is 22.3 Å². The summed E-state index contributed by atoms with van der Waals surface area (Å²) in [5, 5.41) is 9.36. The molecule has 4 heteroatoms. The first kappa shape index (κ1) is 43.9. The van der Waals surface area contributed by atoms with Gasteiger partial charge in [-0.25, -0.2) is 0 Å². The fraction of sp³-hybridized carbons (Fsp3) is 0.176. The number of hydrogen-bond donors (Lipinski definition) is 0. The van der Waals surface area contributed by atoms with Crippen molar-refractivity contribution in [1.29, 1.82) is 0 Å². The minimum absolute atomic E-state index is 0.0721. The summed E-state index contributed by atoms with van der Waals surface area (Å²) < 4.78 is 14.0. The minimum Gasteiger partial charge on any atom is -0.454 e. The Balaban J connectivity index is 0.941. The average Bonchev–Trinajstić information content (AvgIpc) is 3.92. The molecule has 2 aromatic heterocycles. The van der Waals surface area contributed by atoms with E-state index in [1.54, 1.807) is 0 Å². The second-order valence-corrected chi connectivity index (χ2v) is 22.6. The summed E-state index contributed by atoms with van der Waals surface area (Å²) in [6.07, 6.45) is 0. The number of furan rings is 2. The van der Waals surface area contributed by atoms with Gasteiger partial charge in [-0.2, -0.15) is 0 Å². The molecule has 0 amide bonds. The lowest BCUT2D eigenvalue weighted by Crippen LogP contribution is -2.11. The van der Waals surface area contributed by atoms with Crippen LogP contribution in [0.25, 0.3) is 87.7 Å². The first-order valence-corrected chi connectivity index (χ1v) is 25.4. The first-order valence-electron chi connectivity index (χ1n) is 25.4. The largest absolute Gasteiger partial charge is 0.454 e. The molecule has 0 radical (unpaired) electrons. The molecule has 0 atom stereocenters. The van der Waals surface area contributed by atoms with Crippen LogP contribution < -0.4 is 9.80 Å². The molecule has 352 valence electrons. The fourth-order valence-corrected chi connectivity index (χ4v) is 11.8. The van der Waals surface area contributed by atoms with Gasteiger partial charge >= 0.3 is 0 Å². The van der Waals surface area contributed by atoms with Crippen molar-refractivity contribution in [2.24, 2.45) is 0 Å². The van der Waals surface area contributed by atoms with Gasteiger partial charge in [0, 0.05) is 55.4 Å². The number of para-hydroxylation sites is 4. The van der Waals surface area contributed by atoms with Gasteiger partial charge in [0.05, 0.1) is 11.4 Å². The molecule has 0 unspecified atom stereocenters. The topological polar surface area (TPSA) is 32.8 Å². The summed E-state index contributed by atoms with van der Waals surface area (Å²) in [5.41, 5.74) is 22.4. The standard InChI is InChI=1S/C68H58N2O2/c1-39-27-40(2)30-49(29-39)69(61-21-13-17-53-51-15-11-19-59(67(5,6)7)63(51)71-65(53)61)47-25-23-43-35-55-56-36-44-24-26-48(34-46(44)38-58(56)57(55)37-45(43)33-47)70(50-31-41(3)28-42(4)32-50)62-22-14-18-54-52-16-12-20-60(68(8,9)10)64(52)72-66(54)62/h11-38H,1-10H3. The van der Waals surface area contributed by atoms with Crippen LogP contribution in [-0.4, -0.2) is 0 Å². The zero-order valence-electron chi connectivity index (χ0n) is 42.9. The molecule has 10 aromatic carbocycles. The molecule has 1 aliphatic rings. The maximum absolute atomic E-state index is 7.01. The van der Waals surface area contributed by atoms with Crippen LogP contribution in [0.2, 0.25) is 0 Å². The van der Waals surface area contributed by atoms with Gasteiger partial charge in [0.2, 0.25) is 0 Å². The summed E-state index contributed by atoms with van der Waals surface area (Å²) in [6, 6.07) is 63.3. The van der Waals surface area contributed by atoms with Crippen molar-refractivity contribution in [1.82, 2.24) is 0 Å². The maximum atomic E-state index is 7.01. The number of fused-ring (bicyclic) bond motifs is 12. The lowest BCUT2D eigenvalue weighted by molar-refractivity contribution is 0.572. The lowest BCUT2D eigenvalue weighted by atomic mass is 9.78. The molecule has 0 aliphatic heterocycles. The second kappa shape index (κ2) is 15.7. The van der Waals surface area contributed by atoms with Gasteiger partial charge in [-0.3, -0.25) is 0 Å². The predicted octanol–water partition coefficient (Wildman–Crippen LogP) is 20.2. The van der Waals surface area contributed by atoms with E-state index in [2.05, 4.69) is 249 Å². The number of rotatable bonds is 6. The Labute approximate surface area is 421 Å². The normalized spacial score (nSPS) is 12.6. The molecular formula is C68H58N2O2. The van der Waals surface area contributed by atoms with E-state index in [-0.39, 0.29) is 10.8 Å². The third kappa shape index (κ3) is 6.94. The van der Waals surface area contributed by atoms with Crippen LogP contribution in [0.1, 0.15) is 74.9 Å². The molecule has 0 saturated carbocycles. The van der Waals surface area contributed by atoms with Crippen LogP contribution >= 0.6 is 0 Å². The van der Waals surface area contributed by atoms with Gasteiger partial charge in [0.25, 0.3) is 0 Å². The molecule has 12 aromatic rings. The van der Waals surface area contributed by atoms with Gasteiger partial charge in [-0.05, 0) is 190 Å². The summed E-state index contributed by atoms with van der Waals surface area (Å²) in [7, 11) is 0. The third-order valence-corrected chi connectivity index (χ3v) is 15.1. The van der Waals surface area contributed by atoms with Crippen molar-refractivity contribution in [3.05, 3.63) is 203 Å². The van der Waals surface area contributed by atoms with Crippen molar-refractivity contribution >= 4 is 99.5 Å². The highest BCUT2D eigenvalue weighted by Crippen LogP contribution is 2.53. The Morgan fingerprint density at radius 1 is 0.306 bits per heavy atom. The van der Waals surface area contributed by atoms with E-state index in [1.807, 2.05) is 0 Å². The third-order valence-electron chi connectivity index (χ3n) is 15.1. The Morgan fingerprint density at radius 2 is 0.639 bits per heavy atom. The molecule has 4 nitrogen and oxygen atoms in total. The SMILES string of the molecule is Cc1cc(C)cc(N(c2ccc3cc4c(cc3c2)-c2cc3cc(N(c5cc(C)cc(C)c5)c5cccc6c5oc5c(C(C)(C)C)cccc56)ccc3cc2-4)c2cccc3c2oc2c(C(C)(C)C)cccc23)c1. The van der Waals surface area contributed by atoms with E-state index in [4.69, 9.17) is 8.83 Å². The number of benzene rings is 10. The number of hydrogen-bond acceptors (Lipinski definition) is 4. The molecule has 2 heterocycles. The van der Waals surface area contributed by atoms with Crippen LogP contribution in [0, 0.1) is 27.7 Å². The Morgan fingerprint density at radius 3 is 1.00 bits per heavy atom.